The smallest absolute Gasteiger partial charge is 0.167 e. The predicted molar refractivity (Wildman–Crippen MR) is 251 cm³/mol. The fraction of sp³-hybridized carbons (Fsp3) is 0.0179. The Hall–Kier alpha value is -8.35. The molecule has 13 rings (SSSR count). The van der Waals surface area contributed by atoms with Crippen molar-refractivity contribution in [3.8, 4) is 39.9 Å². The van der Waals surface area contributed by atoms with Crippen LogP contribution in [-0.2, 0) is 6.42 Å². The normalized spacial score (nSPS) is 13.4. The minimum absolute atomic E-state index is 0.451. The highest BCUT2D eigenvalue weighted by atomic mass is 16.5. The molecule has 4 heterocycles. The lowest BCUT2D eigenvalue weighted by atomic mass is 9.92. The molecule has 0 amide bonds. The number of furan rings is 2. The van der Waals surface area contributed by atoms with Gasteiger partial charge in [-0.15, -0.1) is 0 Å². The van der Waals surface area contributed by atoms with E-state index in [1.165, 1.54) is 5.56 Å². The monoisotopic (exact) mass is 795 g/mol. The van der Waals surface area contributed by atoms with E-state index in [9.17, 15) is 0 Å². The molecule has 0 unspecified atom stereocenters. The number of hydrogen-bond acceptors (Lipinski definition) is 6. The number of hydrogen-bond donors (Lipinski definition) is 0. The Balaban J connectivity index is 1.15. The zero-order valence-electron chi connectivity index (χ0n) is 33.2. The summed E-state index contributed by atoms with van der Waals surface area (Å²) in [5, 5.41) is 10.6. The zero-order valence-corrected chi connectivity index (χ0v) is 33.2. The lowest BCUT2D eigenvalue weighted by molar-refractivity contribution is 0.445. The van der Waals surface area contributed by atoms with Crippen LogP contribution in [0.5, 0.6) is 5.75 Å². The first-order valence-corrected chi connectivity index (χ1v) is 20.7. The maximum Gasteiger partial charge on any atom is 0.167 e. The van der Waals surface area contributed by atoms with Crippen molar-refractivity contribution < 1.29 is 13.6 Å². The highest BCUT2D eigenvalue weighted by molar-refractivity contribution is 6.28. The van der Waals surface area contributed by atoms with E-state index in [0.29, 0.717) is 46.6 Å². The second-order valence-corrected chi connectivity index (χ2v) is 15.9. The fourth-order valence-electron chi connectivity index (χ4n) is 9.47. The molecule has 6 heteroatoms. The van der Waals surface area contributed by atoms with Gasteiger partial charge in [0.25, 0.3) is 0 Å². The zero-order chi connectivity index (χ0) is 40.9. The number of fused-ring (bicyclic) bond motifs is 14. The Morgan fingerprint density at radius 1 is 0.435 bits per heavy atom. The minimum atomic E-state index is 0.451. The van der Waals surface area contributed by atoms with Gasteiger partial charge in [0.05, 0.1) is 16.7 Å². The highest BCUT2D eigenvalue weighted by Crippen LogP contribution is 2.46. The van der Waals surface area contributed by atoms with Crippen LogP contribution in [-0.4, -0.2) is 15.0 Å². The molecule has 62 heavy (non-hydrogen) atoms. The van der Waals surface area contributed by atoms with Crippen molar-refractivity contribution in [1.29, 1.82) is 0 Å². The molecule has 0 bridgehead atoms. The van der Waals surface area contributed by atoms with Gasteiger partial charge in [0, 0.05) is 33.5 Å². The summed E-state index contributed by atoms with van der Waals surface area (Å²) < 4.78 is 20.4. The van der Waals surface area contributed by atoms with Crippen molar-refractivity contribution in [2.45, 2.75) is 6.42 Å². The third kappa shape index (κ3) is 5.26. The number of allylic oxidation sites excluding steroid dienone is 1. The Morgan fingerprint density at radius 3 is 1.89 bits per heavy atom. The van der Waals surface area contributed by atoms with E-state index in [1.54, 1.807) is 0 Å². The molecule has 0 saturated carbocycles. The van der Waals surface area contributed by atoms with Crippen LogP contribution in [0.25, 0.3) is 116 Å². The Bertz CT molecular complexity index is 3910. The van der Waals surface area contributed by atoms with Crippen molar-refractivity contribution >= 4 is 82.3 Å². The molecule has 1 aliphatic rings. The number of nitrogens with zero attached hydrogens (tertiary/aromatic N) is 3. The van der Waals surface area contributed by atoms with E-state index in [4.69, 9.17) is 28.5 Å². The first kappa shape index (κ1) is 34.5. The van der Waals surface area contributed by atoms with Crippen molar-refractivity contribution in [3.63, 3.8) is 0 Å². The van der Waals surface area contributed by atoms with Crippen LogP contribution in [0.1, 0.15) is 16.7 Å². The molecule has 0 saturated heterocycles. The summed E-state index contributed by atoms with van der Waals surface area (Å²) in [5.41, 5.74) is 8.54. The third-order valence-corrected chi connectivity index (χ3v) is 12.3. The van der Waals surface area contributed by atoms with Gasteiger partial charge in [-0.2, -0.15) is 0 Å². The molecule has 0 fully saturated rings. The molecule has 290 valence electrons. The van der Waals surface area contributed by atoms with Gasteiger partial charge >= 0.3 is 0 Å². The van der Waals surface area contributed by atoms with E-state index < -0.39 is 0 Å². The summed E-state index contributed by atoms with van der Waals surface area (Å²) in [5.74, 6) is 2.54. The third-order valence-electron chi connectivity index (χ3n) is 12.3. The molecule has 12 aromatic rings. The van der Waals surface area contributed by atoms with Crippen molar-refractivity contribution in [2.75, 3.05) is 0 Å². The summed E-state index contributed by atoms with van der Waals surface area (Å²) in [6.45, 7) is 4.35. The highest BCUT2D eigenvalue weighted by Gasteiger charge is 2.26. The Labute approximate surface area is 354 Å². The maximum atomic E-state index is 6.93. The largest absolute Gasteiger partial charge is 0.457 e. The first-order valence-electron chi connectivity index (χ1n) is 20.7. The van der Waals surface area contributed by atoms with Gasteiger partial charge in [-0.25, -0.2) is 15.0 Å². The van der Waals surface area contributed by atoms with Gasteiger partial charge in [-0.05, 0) is 79.9 Å². The number of benzene rings is 9. The van der Waals surface area contributed by atoms with Gasteiger partial charge in [0.1, 0.15) is 33.8 Å². The fourth-order valence-corrected chi connectivity index (χ4v) is 9.47. The molecular weight excluding hydrogens is 763 g/mol. The molecule has 0 spiro atoms. The summed E-state index contributed by atoms with van der Waals surface area (Å²) >= 11 is 0. The van der Waals surface area contributed by atoms with Gasteiger partial charge in [-0.3, -0.25) is 0 Å². The molecule has 0 aliphatic carbocycles. The quantitative estimate of drug-likeness (QED) is 0.177. The molecule has 1 aliphatic heterocycles. The molecule has 9 aromatic carbocycles. The second-order valence-electron chi connectivity index (χ2n) is 15.9. The number of aromatic nitrogens is 3. The van der Waals surface area contributed by atoms with Crippen molar-refractivity contribution in [2.24, 2.45) is 0 Å². The topological polar surface area (TPSA) is 74.2 Å². The van der Waals surface area contributed by atoms with Crippen LogP contribution >= 0.6 is 0 Å². The van der Waals surface area contributed by atoms with Gasteiger partial charge < -0.3 is 13.6 Å². The number of rotatable bonds is 3. The van der Waals surface area contributed by atoms with Crippen LogP contribution in [0.2, 0.25) is 0 Å². The second kappa shape index (κ2) is 13.3. The van der Waals surface area contributed by atoms with Crippen LogP contribution in [0.4, 0.5) is 0 Å². The summed E-state index contributed by atoms with van der Waals surface area (Å²) in [7, 11) is 0. The van der Waals surface area contributed by atoms with Crippen molar-refractivity contribution in [1.82, 2.24) is 15.0 Å². The Morgan fingerprint density at radius 2 is 1.05 bits per heavy atom. The van der Waals surface area contributed by atoms with Crippen molar-refractivity contribution in [3.05, 3.63) is 199 Å². The minimum Gasteiger partial charge on any atom is -0.457 e. The SMILES string of the molecule is C=C1/C=C\c2ccccc2Cc2c(c(-c3nc(-c4cccc5c4oc4ccccc45)nc(-c4cc5ccccc5c5c4oc4ccc6ccccc6c45)n3)cc3ccccc23)O1. The van der Waals surface area contributed by atoms with E-state index in [1.807, 2.05) is 36.4 Å². The molecule has 0 N–H and O–H groups in total. The number of para-hydroxylation sites is 2. The molecular formula is C56H33N3O3. The standard InChI is InChI=1S/C56H33N3O3/c1-32-25-26-33-13-2-3-15-35(33)29-44-38-18-7-5-16-36(38)30-45(52(44)60-32)55-57-54(43-23-12-22-42-41-21-10-11-24-47(41)61-51(42)43)58-56(59-55)46-31-37-17-6-9-20-40(37)50-49-39-19-8-4-14-34(39)27-28-48(49)62-53(46)50/h2-28,30-31H,1,29H2/b26-25-. The van der Waals surface area contributed by atoms with Gasteiger partial charge in [0.15, 0.2) is 17.5 Å². The predicted octanol–water partition coefficient (Wildman–Crippen LogP) is 14.6. The average molecular weight is 796 g/mol. The number of ether oxygens (including phenoxy) is 1. The molecule has 0 atom stereocenters. The maximum absolute atomic E-state index is 6.93. The van der Waals surface area contributed by atoms with E-state index in [0.717, 1.165) is 92.8 Å². The van der Waals surface area contributed by atoms with Crippen LogP contribution in [0.3, 0.4) is 0 Å². The lowest BCUT2D eigenvalue weighted by Crippen LogP contribution is -2.05. The summed E-state index contributed by atoms with van der Waals surface area (Å²) in [6, 6.07) is 56.5. The van der Waals surface area contributed by atoms with E-state index in [2.05, 4.69) is 146 Å². The first-order chi connectivity index (χ1) is 30.6. The summed E-state index contributed by atoms with van der Waals surface area (Å²) in [6.07, 6.45) is 4.62. The summed E-state index contributed by atoms with van der Waals surface area (Å²) in [4.78, 5) is 16.2. The molecule has 6 nitrogen and oxygen atoms in total. The van der Waals surface area contributed by atoms with Gasteiger partial charge in [0.2, 0.25) is 0 Å². The van der Waals surface area contributed by atoms with E-state index in [-0.39, 0.29) is 0 Å². The van der Waals surface area contributed by atoms with Gasteiger partial charge in [-0.1, -0.05) is 146 Å². The molecule has 3 aromatic heterocycles. The van der Waals surface area contributed by atoms with Crippen LogP contribution < -0.4 is 4.74 Å². The van der Waals surface area contributed by atoms with Crippen LogP contribution in [0.15, 0.2) is 191 Å². The van der Waals surface area contributed by atoms with E-state index >= 15 is 0 Å². The van der Waals surface area contributed by atoms with Crippen LogP contribution in [0, 0.1) is 0 Å². The average Bonchev–Trinajstić information content (AvgIpc) is 3.92. The molecule has 0 radical (unpaired) electrons. The lowest BCUT2D eigenvalue weighted by Gasteiger charge is -2.19. The Kier molecular flexibility index (Phi) is 7.42.